The van der Waals surface area contributed by atoms with Crippen molar-refractivity contribution in [1.29, 1.82) is 0 Å². The molecule has 1 heterocycles. The number of anilines is 1. The maximum Gasteiger partial charge on any atom is 0.141 e. The quantitative estimate of drug-likeness (QED) is 0.308. The van der Waals surface area contributed by atoms with E-state index in [0.717, 1.165) is 34.8 Å². The summed E-state index contributed by atoms with van der Waals surface area (Å²) in [4.78, 5) is 7.48. The highest BCUT2D eigenvalue weighted by Gasteiger charge is 2.04. The minimum atomic E-state index is 0.323. The molecule has 0 fully saturated rings. The first kappa shape index (κ1) is 19.9. The molecule has 0 unspecified atom stereocenters. The molecule has 2 aromatic carbocycles. The summed E-state index contributed by atoms with van der Waals surface area (Å²) in [7, 11) is 3.98. The molecule has 4 N–H and O–H groups in total. The minimum Gasteiger partial charge on any atom is -0.508 e. The molecule has 0 aliphatic rings. The highest BCUT2D eigenvalue weighted by molar-refractivity contribution is 7.12. The number of benzene rings is 2. The highest BCUT2D eigenvalue weighted by Crippen LogP contribution is 2.23. The summed E-state index contributed by atoms with van der Waals surface area (Å²) < 4.78 is 0. The van der Waals surface area contributed by atoms with Crippen molar-refractivity contribution in [3.63, 3.8) is 0 Å². The van der Waals surface area contributed by atoms with Gasteiger partial charge in [-0.2, -0.15) is 0 Å². The molecule has 3 rings (SSSR count). The number of aromatic hydroxyl groups is 1. The fraction of sp³-hybridized carbons (Fsp3) is 0.227. The molecule has 0 saturated carbocycles. The van der Waals surface area contributed by atoms with Gasteiger partial charge in [-0.3, -0.25) is 0 Å². The summed E-state index contributed by atoms with van der Waals surface area (Å²) in [6.07, 6.45) is 0.901. The average Bonchev–Trinajstić information content (AvgIpc) is 3.22. The SMILES string of the molecule is CN(C)c1ccc(O)c(CNCCc2ccc(N=C(N)c3cccs3)cc2)c1. The monoisotopic (exact) mass is 394 g/mol. The standard InChI is InChI=1S/C22H26N4OS/c1-26(2)19-9-10-20(27)17(14-19)15-24-12-11-16-5-7-18(8-6-16)25-22(23)21-4-3-13-28-21/h3-10,13-14,24,27H,11-12,15H2,1-2H3,(H2,23,25). The number of phenolic OH excluding ortho intramolecular Hbond substituents is 1. The summed E-state index contributed by atoms with van der Waals surface area (Å²) in [6.45, 7) is 1.46. The molecule has 0 aliphatic heterocycles. The zero-order valence-corrected chi connectivity index (χ0v) is 17.0. The lowest BCUT2D eigenvalue weighted by molar-refractivity contribution is 0.464. The number of phenols is 1. The lowest BCUT2D eigenvalue weighted by atomic mass is 10.1. The Morgan fingerprint density at radius 3 is 2.61 bits per heavy atom. The zero-order valence-electron chi connectivity index (χ0n) is 16.2. The molecule has 146 valence electrons. The summed E-state index contributed by atoms with van der Waals surface area (Å²) in [5.41, 5.74) is 10.1. The van der Waals surface area contributed by atoms with Gasteiger partial charge in [0.2, 0.25) is 0 Å². The van der Waals surface area contributed by atoms with Crippen molar-refractivity contribution in [2.75, 3.05) is 25.5 Å². The van der Waals surface area contributed by atoms with Crippen LogP contribution < -0.4 is 16.0 Å². The van der Waals surface area contributed by atoms with Gasteiger partial charge in [-0.05, 0) is 60.3 Å². The van der Waals surface area contributed by atoms with E-state index in [0.29, 0.717) is 18.1 Å². The smallest absolute Gasteiger partial charge is 0.141 e. The highest BCUT2D eigenvalue weighted by atomic mass is 32.1. The van der Waals surface area contributed by atoms with Gasteiger partial charge in [-0.1, -0.05) is 18.2 Å². The molecular formula is C22H26N4OS. The Bertz CT molecular complexity index is 918. The van der Waals surface area contributed by atoms with Gasteiger partial charge >= 0.3 is 0 Å². The first-order valence-electron chi connectivity index (χ1n) is 9.20. The lowest BCUT2D eigenvalue weighted by Gasteiger charge is -2.15. The van der Waals surface area contributed by atoms with Crippen molar-refractivity contribution in [2.45, 2.75) is 13.0 Å². The number of hydrogen-bond acceptors (Lipinski definition) is 5. The Morgan fingerprint density at radius 1 is 1.14 bits per heavy atom. The second-order valence-corrected chi connectivity index (χ2v) is 7.72. The third-order valence-electron chi connectivity index (χ3n) is 4.44. The van der Waals surface area contributed by atoms with Gasteiger partial charge < -0.3 is 21.1 Å². The van der Waals surface area contributed by atoms with Crippen molar-refractivity contribution in [1.82, 2.24) is 5.32 Å². The van der Waals surface area contributed by atoms with Crippen LogP contribution in [-0.4, -0.2) is 31.6 Å². The molecule has 0 bridgehead atoms. The summed E-state index contributed by atoms with van der Waals surface area (Å²) in [6, 6.07) is 17.7. The predicted molar refractivity (Wildman–Crippen MR) is 119 cm³/mol. The van der Waals surface area contributed by atoms with Crippen LogP contribution in [-0.2, 0) is 13.0 Å². The Morgan fingerprint density at radius 2 is 1.93 bits per heavy atom. The third-order valence-corrected chi connectivity index (χ3v) is 5.34. The van der Waals surface area contributed by atoms with E-state index in [4.69, 9.17) is 5.73 Å². The van der Waals surface area contributed by atoms with Crippen LogP contribution in [0.3, 0.4) is 0 Å². The van der Waals surface area contributed by atoms with Crippen LogP contribution in [0.15, 0.2) is 65.0 Å². The van der Waals surface area contributed by atoms with Crippen LogP contribution in [0.2, 0.25) is 0 Å². The van der Waals surface area contributed by atoms with E-state index in [1.807, 2.05) is 60.8 Å². The van der Waals surface area contributed by atoms with Crippen molar-refractivity contribution >= 4 is 28.5 Å². The largest absolute Gasteiger partial charge is 0.508 e. The maximum atomic E-state index is 10.0. The van der Waals surface area contributed by atoms with Gasteiger partial charge in [-0.25, -0.2) is 4.99 Å². The lowest BCUT2D eigenvalue weighted by Crippen LogP contribution is -2.17. The number of nitrogens with zero attached hydrogens (tertiary/aromatic N) is 2. The van der Waals surface area contributed by atoms with Gasteiger partial charge in [0.15, 0.2) is 0 Å². The molecule has 6 heteroatoms. The van der Waals surface area contributed by atoms with E-state index < -0.39 is 0 Å². The molecule has 0 spiro atoms. The van der Waals surface area contributed by atoms with E-state index in [2.05, 4.69) is 22.4 Å². The number of aliphatic imine (C=N–C) groups is 1. The molecule has 0 aliphatic carbocycles. The normalized spacial score (nSPS) is 11.6. The van der Waals surface area contributed by atoms with E-state index in [-0.39, 0.29) is 0 Å². The Hall–Kier alpha value is -2.83. The molecule has 0 amide bonds. The summed E-state index contributed by atoms with van der Waals surface area (Å²) in [5, 5.41) is 15.4. The third kappa shape index (κ3) is 5.34. The van der Waals surface area contributed by atoms with Crippen LogP contribution in [0.4, 0.5) is 11.4 Å². The maximum absolute atomic E-state index is 10.0. The summed E-state index contributed by atoms with van der Waals surface area (Å²) >= 11 is 1.58. The number of thiophene rings is 1. The van der Waals surface area contributed by atoms with Crippen molar-refractivity contribution in [2.24, 2.45) is 10.7 Å². The second-order valence-electron chi connectivity index (χ2n) is 6.78. The molecule has 1 aromatic heterocycles. The zero-order chi connectivity index (χ0) is 19.9. The van der Waals surface area contributed by atoms with Gasteiger partial charge in [-0.15, -0.1) is 11.3 Å². The summed E-state index contributed by atoms with van der Waals surface area (Å²) in [5.74, 6) is 0.868. The Labute approximate surface area is 170 Å². The molecule has 0 atom stereocenters. The fourth-order valence-electron chi connectivity index (χ4n) is 2.80. The van der Waals surface area contributed by atoms with Gasteiger partial charge in [0.05, 0.1) is 10.6 Å². The second kappa shape index (κ2) is 9.39. The molecule has 0 radical (unpaired) electrons. The van der Waals surface area contributed by atoms with Crippen molar-refractivity contribution in [3.05, 3.63) is 76.0 Å². The Kier molecular flexibility index (Phi) is 6.68. The van der Waals surface area contributed by atoms with Crippen LogP contribution in [0.25, 0.3) is 0 Å². The van der Waals surface area contributed by atoms with Crippen molar-refractivity contribution < 1.29 is 5.11 Å². The minimum absolute atomic E-state index is 0.323. The molecule has 5 nitrogen and oxygen atoms in total. The van der Waals surface area contributed by atoms with E-state index in [1.165, 1.54) is 5.56 Å². The molecule has 3 aromatic rings. The Balaban J connectivity index is 1.51. The molecule has 28 heavy (non-hydrogen) atoms. The fourth-order valence-corrected chi connectivity index (χ4v) is 3.43. The first-order chi connectivity index (χ1) is 13.5. The van der Waals surface area contributed by atoms with Crippen LogP contribution >= 0.6 is 11.3 Å². The number of nitrogens with one attached hydrogen (secondary N) is 1. The topological polar surface area (TPSA) is 73.9 Å². The molecular weight excluding hydrogens is 368 g/mol. The van der Waals surface area contributed by atoms with E-state index >= 15 is 0 Å². The number of hydrogen-bond donors (Lipinski definition) is 3. The number of amidine groups is 1. The number of nitrogens with two attached hydrogens (primary N) is 1. The van der Waals surface area contributed by atoms with Gasteiger partial charge in [0.1, 0.15) is 11.6 Å². The van der Waals surface area contributed by atoms with Gasteiger partial charge in [0, 0.05) is 31.9 Å². The van der Waals surface area contributed by atoms with Crippen LogP contribution in [0.5, 0.6) is 5.75 Å². The van der Waals surface area contributed by atoms with Gasteiger partial charge in [0.25, 0.3) is 0 Å². The molecule has 0 saturated heterocycles. The average molecular weight is 395 g/mol. The predicted octanol–water partition coefficient (Wildman–Crippen LogP) is 3.89. The van der Waals surface area contributed by atoms with Crippen LogP contribution in [0.1, 0.15) is 16.0 Å². The van der Waals surface area contributed by atoms with E-state index in [1.54, 1.807) is 17.4 Å². The van der Waals surface area contributed by atoms with E-state index in [9.17, 15) is 5.11 Å². The first-order valence-corrected chi connectivity index (χ1v) is 10.1. The van der Waals surface area contributed by atoms with Crippen LogP contribution in [0, 0.1) is 0 Å². The van der Waals surface area contributed by atoms with Crippen molar-refractivity contribution in [3.8, 4) is 5.75 Å². The number of rotatable bonds is 8.